The van der Waals surface area contributed by atoms with Gasteiger partial charge in [0.2, 0.25) is 0 Å². The fourth-order valence-corrected chi connectivity index (χ4v) is 3.39. The molecule has 0 saturated carbocycles. The number of hydrogen-bond donors (Lipinski definition) is 1. The minimum Gasteiger partial charge on any atom is -0.368 e. The van der Waals surface area contributed by atoms with Crippen LogP contribution in [-0.4, -0.2) is 53.6 Å². The van der Waals surface area contributed by atoms with Crippen LogP contribution in [0, 0.1) is 13.8 Å². The lowest BCUT2D eigenvalue weighted by Gasteiger charge is -2.38. The lowest BCUT2D eigenvalue weighted by Crippen LogP contribution is -2.52. The Morgan fingerprint density at radius 3 is 2.63 bits per heavy atom. The molecule has 0 atom stereocenters. The molecule has 0 unspecified atom stereocenters. The minimum absolute atomic E-state index is 0.210. The van der Waals surface area contributed by atoms with Crippen molar-refractivity contribution < 1.29 is 8.78 Å². The molecule has 0 bridgehead atoms. The van der Waals surface area contributed by atoms with Gasteiger partial charge in [-0.2, -0.15) is 8.78 Å². The number of hydrogen-bond acceptors (Lipinski definition) is 3. The molecule has 2 heterocycles. The average Bonchev–Trinajstić information content (AvgIpc) is 3.14. The summed E-state index contributed by atoms with van der Waals surface area (Å²) in [7, 11) is 1.71. The van der Waals surface area contributed by atoms with Crippen molar-refractivity contribution in [2.45, 2.75) is 26.9 Å². The van der Waals surface area contributed by atoms with Crippen LogP contribution in [0.3, 0.4) is 0 Å². The standard InChI is InChI=1S/C19H26F2N6/c1-14-5-4-6-16(15(14)2)25-9-11-26(12-10-25)19(22-3)24-13-17-23-7-8-27(17)18(20)21/h4-8,18H,9-13H2,1-3H3,(H,22,24). The number of benzene rings is 1. The highest BCUT2D eigenvalue weighted by Crippen LogP contribution is 2.23. The second kappa shape index (κ2) is 8.37. The van der Waals surface area contributed by atoms with Crippen molar-refractivity contribution in [2.24, 2.45) is 4.99 Å². The van der Waals surface area contributed by atoms with E-state index in [1.54, 1.807) is 7.05 Å². The van der Waals surface area contributed by atoms with Crippen LogP contribution in [0.4, 0.5) is 14.5 Å². The van der Waals surface area contributed by atoms with Gasteiger partial charge in [0.1, 0.15) is 5.82 Å². The van der Waals surface area contributed by atoms with E-state index in [9.17, 15) is 8.78 Å². The Hall–Kier alpha value is -2.64. The average molecular weight is 376 g/mol. The second-order valence-corrected chi connectivity index (χ2v) is 6.62. The first-order valence-corrected chi connectivity index (χ1v) is 9.08. The predicted octanol–water partition coefficient (Wildman–Crippen LogP) is 2.79. The topological polar surface area (TPSA) is 48.7 Å². The number of halogens is 2. The number of guanidine groups is 1. The number of nitrogens with zero attached hydrogens (tertiary/aromatic N) is 5. The zero-order valence-corrected chi connectivity index (χ0v) is 16.0. The zero-order valence-electron chi connectivity index (χ0n) is 16.0. The fraction of sp³-hybridized carbons (Fsp3) is 0.474. The summed E-state index contributed by atoms with van der Waals surface area (Å²) >= 11 is 0. The summed E-state index contributed by atoms with van der Waals surface area (Å²) in [5, 5.41) is 3.15. The van der Waals surface area contributed by atoms with Crippen molar-refractivity contribution in [1.82, 2.24) is 19.8 Å². The third kappa shape index (κ3) is 4.20. The molecule has 1 saturated heterocycles. The molecule has 1 aromatic carbocycles. The molecular weight excluding hydrogens is 350 g/mol. The van der Waals surface area contributed by atoms with Crippen LogP contribution in [0.2, 0.25) is 0 Å². The molecule has 2 aromatic rings. The molecule has 1 aromatic heterocycles. The van der Waals surface area contributed by atoms with Crippen molar-refractivity contribution in [3.8, 4) is 0 Å². The summed E-state index contributed by atoms with van der Waals surface area (Å²) < 4.78 is 26.7. The van der Waals surface area contributed by atoms with E-state index in [0.29, 0.717) is 11.8 Å². The Morgan fingerprint density at radius 1 is 1.22 bits per heavy atom. The van der Waals surface area contributed by atoms with Crippen molar-refractivity contribution in [3.63, 3.8) is 0 Å². The van der Waals surface area contributed by atoms with Gasteiger partial charge in [-0.1, -0.05) is 12.1 Å². The van der Waals surface area contributed by atoms with Crippen LogP contribution in [0.25, 0.3) is 0 Å². The second-order valence-electron chi connectivity index (χ2n) is 6.62. The van der Waals surface area contributed by atoms with Crippen LogP contribution in [0.5, 0.6) is 0 Å². The van der Waals surface area contributed by atoms with E-state index < -0.39 is 6.55 Å². The summed E-state index contributed by atoms with van der Waals surface area (Å²) in [5.41, 5.74) is 3.88. The van der Waals surface area contributed by atoms with E-state index in [4.69, 9.17) is 0 Å². The van der Waals surface area contributed by atoms with Crippen LogP contribution in [0.1, 0.15) is 23.5 Å². The highest BCUT2D eigenvalue weighted by Gasteiger charge is 2.21. The van der Waals surface area contributed by atoms with Gasteiger partial charge in [-0.25, -0.2) is 4.98 Å². The van der Waals surface area contributed by atoms with Crippen molar-refractivity contribution in [1.29, 1.82) is 0 Å². The maximum absolute atomic E-state index is 12.9. The first kappa shape index (κ1) is 19.1. The summed E-state index contributed by atoms with van der Waals surface area (Å²) in [5.74, 6) is 1.000. The molecule has 8 heteroatoms. The van der Waals surface area contributed by atoms with Gasteiger partial charge in [0.25, 0.3) is 0 Å². The molecule has 0 spiro atoms. The van der Waals surface area contributed by atoms with E-state index in [1.165, 1.54) is 29.2 Å². The summed E-state index contributed by atoms with van der Waals surface area (Å²) in [6.07, 6.45) is 2.67. The molecule has 1 aliphatic rings. The lowest BCUT2D eigenvalue weighted by molar-refractivity contribution is 0.0668. The maximum Gasteiger partial charge on any atom is 0.319 e. The lowest BCUT2D eigenvalue weighted by atomic mass is 10.1. The Morgan fingerprint density at radius 2 is 1.96 bits per heavy atom. The predicted molar refractivity (Wildman–Crippen MR) is 103 cm³/mol. The molecule has 1 N–H and O–H groups in total. The molecule has 0 amide bonds. The normalized spacial score (nSPS) is 15.6. The Labute approximate surface area is 158 Å². The molecule has 3 rings (SSSR count). The van der Waals surface area contributed by atoms with E-state index in [0.717, 1.165) is 30.7 Å². The van der Waals surface area contributed by atoms with Gasteiger partial charge in [-0.3, -0.25) is 9.56 Å². The van der Waals surface area contributed by atoms with Crippen LogP contribution in [-0.2, 0) is 6.54 Å². The molecule has 27 heavy (non-hydrogen) atoms. The van der Waals surface area contributed by atoms with Gasteiger partial charge < -0.3 is 15.1 Å². The van der Waals surface area contributed by atoms with Gasteiger partial charge in [-0.15, -0.1) is 0 Å². The first-order valence-electron chi connectivity index (χ1n) is 9.08. The van der Waals surface area contributed by atoms with Crippen molar-refractivity contribution in [2.75, 3.05) is 38.1 Å². The largest absolute Gasteiger partial charge is 0.368 e. The number of aryl methyl sites for hydroxylation is 1. The van der Waals surface area contributed by atoms with E-state index in [-0.39, 0.29) is 6.54 Å². The monoisotopic (exact) mass is 376 g/mol. The van der Waals surface area contributed by atoms with E-state index in [2.05, 4.69) is 57.1 Å². The Bertz CT molecular complexity index is 793. The minimum atomic E-state index is -2.59. The quantitative estimate of drug-likeness (QED) is 0.659. The Kier molecular flexibility index (Phi) is 5.93. The molecule has 6 nitrogen and oxygen atoms in total. The number of alkyl halides is 2. The van der Waals surface area contributed by atoms with E-state index >= 15 is 0 Å². The summed E-state index contributed by atoms with van der Waals surface area (Å²) in [4.78, 5) is 12.8. The number of aliphatic imine (C=N–C) groups is 1. The van der Waals surface area contributed by atoms with E-state index in [1.807, 2.05) is 0 Å². The third-order valence-electron chi connectivity index (χ3n) is 5.07. The number of rotatable bonds is 4. The maximum atomic E-state index is 12.9. The zero-order chi connectivity index (χ0) is 19.4. The van der Waals surface area contributed by atoms with Gasteiger partial charge in [0.05, 0.1) is 6.54 Å². The van der Waals surface area contributed by atoms with Crippen LogP contribution in [0.15, 0.2) is 35.6 Å². The fourth-order valence-electron chi connectivity index (χ4n) is 3.39. The smallest absolute Gasteiger partial charge is 0.319 e. The molecule has 1 aliphatic heterocycles. The Balaban J connectivity index is 1.59. The van der Waals surface area contributed by atoms with Gasteiger partial charge in [-0.05, 0) is 31.0 Å². The highest BCUT2D eigenvalue weighted by atomic mass is 19.3. The van der Waals surface area contributed by atoms with Gasteiger partial charge in [0, 0.05) is 51.3 Å². The number of nitrogens with one attached hydrogen (secondary N) is 1. The molecule has 1 fully saturated rings. The molecule has 0 aliphatic carbocycles. The number of piperazine rings is 1. The van der Waals surface area contributed by atoms with Gasteiger partial charge >= 0.3 is 6.55 Å². The van der Waals surface area contributed by atoms with Crippen molar-refractivity contribution in [3.05, 3.63) is 47.5 Å². The summed E-state index contributed by atoms with van der Waals surface area (Å²) in [6.45, 7) is 5.31. The van der Waals surface area contributed by atoms with Gasteiger partial charge in [0.15, 0.2) is 5.96 Å². The SMILES string of the molecule is CN=C(NCc1nccn1C(F)F)N1CCN(c2cccc(C)c2C)CC1. The molecule has 146 valence electrons. The summed E-state index contributed by atoms with van der Waals surface area (Å²) in [6, 6.07) is 6.38. The first-order chi connectivity index (χ1) is 13.0. The number of aromatic nitrogens is 2. The number of anilines is 1. The molecule has 0 radical (unpaired) electrons. The van der Waals surface area contributed by atoms with Crippen LogP contribution >= 0.6 is 0 Å². The number of imidazole rings is 1. The highest BCUT2D eigenvalue weighted by molar-refractivity contribution is 5.80. The molecular formula is C19H26F2N6. The van der Waals surface area contributed by atoms with Crippen LogP contribution < -0.4 is 10.2 Å². The third-order valence-corrected chi connectivity index (χ3v) is 5.07. The van der Waals surface area contributed by atoms with Crippen molar-refractivity contribution >= 4 is 11.6 Å².